The summed E-state index contributed by atoms with van der Waals surface area (Å²) in [6.07, 6.45) is 1.87. The van der Waals surface area contributed by atoms with Crippen molar-refractivity contribution in [1.82, 2.24) is 14.5 Å². The number of hydrogen-bond donors (Lipinski definition) is 0. The molecule has 0 bridgehead atoms. The summed E-state index contributed by atoms with van der Waals surface area (Å²) < 4.78 is 22.4. The van der Waals surface area contributed by atoms with E-state index in [-0.39, 0.29) is 11.7 Å². The SMILES string of the molecule is COc1cc2c(=O)n(CCN3CCCOC3=O)cnc2c(OC)c1OC. The molecule has 0 radical (unpaired) electrons. The minimum Gasteiger partial charge on any atom is -0.493 e. The number of methoxy groups -OCH3 is 3. The van der Waals surface area contributed by atoms with Gasteiger partial charge in [0.15, 0.2) is 11.5 Å². The number of benzene rings is 1. The second-order valence-corrected chi connectivity index (χ2v) is 5.74. The first-order valence-corrected chi connectivity index (χ1v) is 8.20. The molecule has 1 aliphatic heterocycles. The Morgan fingerprint density at radius 3 is 2.54 bits per heavy atom. The lowest BCUT2D eigenvalue weighted by atomic mass is 10.2. The van der Waals surface area contributed by atoms with Crippen LogP contribution in [0.3, 0.4) is 0 Å². The molecule has 0 N–H and O–H groups in total. The predicted octanol–water partition coefficient (Wildman–Crippen LogP) is 1.26. The van der Waals surface area contributed by atoms with Gasteiger partial charge >= 0.3 is 6.09 Å². The summed E-state index contributed by atoms with van der Waals surface area (Å²) in [5.41, 5.74) is 0.142. The van der Waals surface area contributed by atoms with Gasteiger partial charge in [0.05, 0.1) is 39.6 Å². The van der Waals surface area contributed by atoms with Crippen LogP contribution in [0.15, 0.2) is 17.2 Å². The molecule has 9 nitrogen and oxygen atoms in total. The van der Waals surface area contributed by atoms with Gasteiger partial charge in [-0.05, 0) is 12.5 Å². The molecule has 0 atom stereocenters. The van der Waals surface area contributed by atoms with Gasteiger partial charge in [0.1, 0.15) is 5.52 Å². The van der Waals surface area contributed by atoms with Crippen LogP contribution in [0, 0.1) is 0 Å². The van der Waals surface area contributed by atoms with Crippen molar-refractivity contribution in [3.05, 3.63) is 22.7 Å². The van der Waals surface area contributed by atoms with Crippen LogP contribution in [-0.2, 0) is 11.3 Å². The average molecular weight is 363 g/mol. The zero-order valence-corrected chi connectivity index (χ0v) is 15.0. The molecule has 140 valence electrons. The first-order chi connectivity index (χ1) is 12.6. The van der Waals surface area contributed by atoms with Gasteiger partial charge in [-0.3, -0.25) is 9.36 Å². The van der Waals surface area contributed by atoms with E-state index >= 15 is 0 Å². The number of carbonyl (C=O) groups is 1. The fraction of sp³-hybridized carbons (Fsp3) is 0.471. The lowest BCUT2D eigenvalue weighted by molar-refractivity contribution is 0.0715. The maximum Gasteiger partial charge on any atom is 0.409 e. The van der Waals surface area contributed by atoms with E-state index in [9.17, 15) is 9.59 Å². The summed E-state index contributed by atoms with van der Waals surface area (Å²) in [6, 6.07) is 1.58. The Hall–Kier alpha value is -2.97. The summed E-state index contributed by atoms with van der Waals surface area (Å²) >= 11 is 0. The maximum atomic E-state index is 12.9. The average Bonchev–Trinajstić information content (AvgIpc) is 2.67. The number of cyclic esters (lactones) is 1. The van der Waals surface area contributed by atoms with Crippen molar-refractivity contribution < 1.29 is 23.7 Å². The van der Waals surface area contributed by atoms with Crippen LogP contribution in [0.5, 0.6) is 17.2 Å². The van der Waals surface area contributed by atoms with Crippen LogP contribution in [0.1, 0.15) is 6.42 Å². The summed E-state index contributed by atoms with van der Waals surface area (Å²) in [7, 11) is 4.46. The summed E-state index contributed by atoms with van der Waals surface area (Å²) in [5, 5.41) is 0.350. The van der Waals surface area contributed by atoms with Gasteiger partial charge in [-0.1, -0.05) is 0 Å². The number of fused-ring (bicyclic) bond motifs is 1. The number of carbonyl (C=O) groups excluding carboxylic acids is 1. The van der Waals surface area contributed by atoms with Gasteiger partial charge in [-0.2, -0.15) is 0 Å². The van der Waals surface area contributed by atoms with E-state index in [4.69, 9.17) is 18.9 Å². The molecule has 2 heterocycles. The molecule has 0 spiro atoms. The number of aromatic nitrogens is 2. The highest BCUT2D eigenvalue weighted by Gasteiger charge is 2.21. The fourth-order valence-electron chi connectivity index (χ4n) is 2.96. The molecule has 1 aromatic heterocycles. The molecule has 1 amide bonds. The molecule has 26 heavy (non-hydrogen) atoms. The van der Waals surface area contributed by atoms with Crippen molar-refractivity contribution in [2.24, 2.45) is 0 Å². The van der Waals surface area contributed by atoms with Crippen molar-refractivity contribution in [2.45, 2.75) is 13.0 Å². The minimum atomic E-state index is -0.355. The maximum absolute atomic E-state index is 12.9. The summed E-state index contributed by atoms with van der Waals surface area (Å²) in [5.74, 6) is 1.10. The van der Waals surface area contributed by atoms with Crippen molar-refractivity contribution in [3.8, 4) is 17.2 Å². The molecule has 0 aliphatic carbocycles. The third kappa shape index (κ3) is 3.12. The van der Waals surface area contributed by atoms with E-state index in [0.29, 0.717) is 54.4 Å². The first-order valence-electron chi connectivity index (χ1n) is 8.20. The van der Waals surface area contributed by atoms with Crippen molar-refractivity contribution in [2.75, 3.05) is 41.0 Å². The number of amides is 1. The number of hydrogen-bond acceptors (Lipinski definition) is 7. The molecular formula is C17H21N3O6. The Labute approximate surface area is 150 Å². The van der Waals surface area contributed by atoms with E-state index in [0.717, 1.165) is 6.42 Å². The van der Waals surface area contributed by atoms with Gasteiger partial charge in [-0.25, -0.2) is 9.78 Å². The standard InChI is InChI=1S/C17H21N3O6/c1-23-12-9-11-13(15(25-3)14(12)24-2)18-10-20(16(11)21)7-6-19-5-4-8-26-17(19)22/h9-10H,4-8H2,1-3H3. The molecule has 0 saturated carbocycles. The number of rotatable bonds is 6. The second-order valence-electron chi connectivity index (χ2n) is 5.74. The minimum absolute atomic E-state index is 0.250. The molecular weight excluding hydrogens is 342 g/mol. The lowest BCUT2D eigenvalue weighted by Crippen LogP contribution is -2.40. The van der Waals surface area contributed by atoms with Crippen LogP contribution in [0.25, 0.3) is 10.9 Å². The molecule has 1 saturated heterocycles. The zero-order chi connectivity index (χ0) is 18.7. The molecule has 1 aliphatic rings. The van der Waals surface area contributed by atoms with E-state index in [1.807, 2.05) is 0 Å². The van der Waals surface area contributed by atoms with Crippen LogP contribution in [0.4, 0.5) is 4.79 Å². The number of nitrogens with zero attached hydrogens (tertiary/aromatic N) is 3. The Morgan fingerprint density at radius 2 is 1.88 bits per heavy atom. The quantitative estimate of drug-likeness (QED) is 0.763. The Kier molecular flexibility index (Phi) is 5.15. The van der Waals surface area contributed by atoms with Crippen LogP contribution < -0.4 is 19.8 Å². The van der Waals surface area contributed by atoms with E-state index < -0.39 is 0 Å². The highest BCUT2D eigenvalue weighted by atomic mass is 16.6. The van der Waals surface area contributed by atoms with E-state index in [1.165, 1.54) is 32.2 Å². The largest absolute Gasteiger partial charge is 0.493 e. The zero-order valence-electron chi connectivity index (χ0n) is 15.0. The highest BCUT2D eigenvalue weighted by molar-refractivity contribution is 5.89. The first kappa shape index (κ1) is 17.8. The Bertz CT molecular complexity index is 879. The predicted molar refractivity (Wildman–Crippen MR) is 93.2 cm³/mol. The van der Waals surface area contributed by atoms with E-state index in [1.54, 1.807) is 11.0 Å². The van der Waals surface area contributed by atoms with Gasteiger partial charge < -0.3 is 23.8 Å². The smallest absolute Gasteiger partial charge is 0.409 e. The molecule has 9 heteroatoms. The van der Waals surface area contributed by atoms with Gasteiger partial charge in [0, 0.05) is 19.6 Å². The topological polar surface area (TPSA) is 92.1 Å². The molecule has 1 fully saturated rings. The van der Waals surface area contributed by atoms with Gasteiger partial charge in [0.25, 0.3) is 5.56 Å². The summed E-state index contributed by atoms with van der Waals surface area (Å²) in [4.78, 5) is 30.5. The second kappa shape index (κ2) is 7.51. The third-order valence-corrected chi connectivity index (χ3v) is 4.29. The number of ether oxygens (including phenoxy) is 4. The van der Waals surface area contributed by atoms with Gasteiger partial charge in [0.2, 0.25) is 5.75 Å². The van der Waals surface area contributed by atoms with Crippen LogP contribution >= 0.6 is 0 Å². The van der Waals surface area contributed by atoms with Gasteiger partial charge in [-0.15, -0.1) is 0 Å². The van der Waals surface area contributed by atoms with Crippen LogP contribution in [0.2, 0.25) is 0 Å². The third-order valence-electron chi connectivity index (χ3n) is 4.29. The molecule has 1 aromatic carbocycles. The van der Waals surface area contributed by atoms with Crippen molar-refractivity contribution in [3.63, 3.8) is 0 Å². The van der Waals surface area contributed by atoms with Crippen molar-refractivity contribution >= 4 is 17.0 Å². The molecule has 2 aromatic rings. The summed E-state index contributed by atoms with van der Waals surface area (Å²) in [6.45, 7) is 1.74. The Balaban J connectivity index is 1.97. The van der Waals surface area contributed by atoms with Crippen molar-refractivity contribution in [1.29, 1.82) is 0 Å². The van der Waals surface area contributed by atoms with E-state index in [2.05, 4.69) is 4.98 Å². The monoisotopic (exact) mass is 363 g/mol. The lowest BCUT2D eigenvalue weighted by Gasteiger charge is -2.26. The molecule has 3 rings (SSSR count). The normalized spacial score (nSPS) is 14.3. The van der Waals surface area contributed by atoms with Crippen LogP contribution in [-0.4, -0.2) is 61.6 Å². The molecule has 0 unspecified atom stereocenters. The Morgan fingerprint density at radius 1 is 1.12 bits per heavy atom. The fourth-order valence-corrected chi connectivity index (χ4v) is 2.96. The highest BCUT2D eigenvalue weighted by Crippen LogP contribution is 2.41.